The molecule has 5 nitrogen and oxygen atoms in total. The number of allylic oxidation sites excluding steroid dienone is 6. The van der Waals surface area contributed by atoms with Crippen LogP contribution in [0.5, 0.6) is 5.75 Å². The lowest BCUT2D eigenvalue weighted by atomic mass is 10.0. The largest absolute Gasteiger partial charge is 0.507 e. The lowest BCUT2D eigenvalue weighted by Gasteiger charge is -2.07. The Morgan fingerprint density at radius 1 is 1.12 bits per heavy atom. The summed E-state index contributed by atoms with van der Waals surface area (Å²) >= 11 is 1.42. The molecule has 134 valence electrons. The van der Waals surface area contributed by atoms with Crippen LogP contribution >= 0.6 is 19.6 Å². The lowest BCUT2D eigenvalue weighted by Crippen LogP contribution is -1.88. The standard InChI is InChI=1S/C10H12N2OS.C8H12NOP/c1-4-5(2)8(13)6(3)9-7(4)12-10(11)14-9;1-7-3-2-4-8(6-5-7)11(9)10/h13H,1-3H3,(H2,11,12);2,4-6,10H,3,9H2,1H3. The molecule has 1 aliphatic carbocycles. The van der Waals surface area contributed by atoms with Gasteiger partial charge in [-0.25, -0.2) is 4.98 Å². The molecule has 6 N–H and O–H groups in total. The highest BCUT2D eigenvalue weighted by Crippen LogP contribution is 2.37. The molecular formula is C18H24N3O2PS. The maximum Gasteiger partial charge on any atom is 0.181 e. The number of aryl methyl sites for hydroxylation is 2. The van der Waals surface area contributed by atoms with Gasteiger partial charge in [-0.2, -0.15) is 0 Å². The predicted octanol–water partition coefficient (Wildman–Crippen LogP) is 4.55. The molecule has 0 saturated heterocycles. The van der Waals surface area contributed by atoms with Crippen LogP contribution in [0.25, 0.3) is 10.2 Å². The SMILES string of the molecule is CC1=CC=C(P(N)O)C=CC1.Cc1c(O)c(C)c2sc(N)nc2c1C. The number of aromatic hydroxyl groups is 1. The third-order valence-corrected chi connectivity index (χ3v) is 5.98. The number of hydrogen-bond donors (Lipinski definition) is 4. The summed E-state index contributed by atoms with van der Waals surface area (Å²) in [6.45, 7) is 7.80. The molecule has 1 heterocycles. The number of fused-ring (bicyclic) bond motifs is 1. The van der Waals surface area contributed by atoms with E-state index < -0.39 is 8.30 Å². The number of benzene rings is 1. The van der Waals surface area contributed by atoms with Crippen molar-refractivity contribution < 1.29 is 10.00 Å². The van der Waals surface area contributed by atoms with Crippen LogP contribution in [0.1, 0.15) is 30.0 Å². The van der Waals surface area contributed by atoms with Gasteiger partial charge < -0.3 is 15.7 Å². The number of thiazole rings is 1. The molecule has 0 fully saturated rings. The van der Waals surface area contributed by atoms with Crippen LogP contribution < -0.4 is 11.2 Å². The van der Waals surface area contributed by atoms with Gasteiger partial charge in [-0.05, 0) is 45.2 Å². The Morgan fingerprint density at radius 2 is 1.80 bits per heavy atom. The van der Waals surface area contributed by atoms with E-state index in [0.717, 1.165) is 38.6 Å². The van der Waals surface area contributed by atoms with Crippen molar-refractivity contribution in [3.63, 3.8) is 0 Å². The minimum atomic E-state index is -1.42. The zero-order valence-electron chi connectivity index (χ0n) is 14.9. The van der Waals surface area contributed by atoms with Gasteiger partial charge in [-0.3, -0.25) is 5.50 Å². The Morgan fingerprint density at radius 3 is 2.44 bits per heavy atom. The molecule has 25 heavy (non-hydrogen) atoms. The van der Waals surface area contributed by atoms with Crippen molar-refractivity contribution in [2.45, 2.75) is 34.1 Å². The number of rotatable bonds is 1. The Kier molecular flexibility index (Phi) is 6.36. The van der Waals surface area contributed by atoms with Crippen LogP contribution in [-0.2, 0) is 0 Å². The van der Waals surface area contributed by atoms with E-state index in [-0.39, 0.29) is 0 Å². The second-order valence-corrected chi connectivity index (χ2v) is 8.25. The van der Waals surface area contributed by atoms with Gasteiger partial charge in [0.25, 0.3) is 0 Å². The van der Waals surface area contributed by atoms with Crippen LogP contribution in [0.15, 0.2) is 35.2 Å². The summed E-state index contributed by atoms with van der Waals surface area (Å²) in [7, 11) is -1.42. The normalized spacial score (nSPS) is 15.1. The van der Waals surface area contributed by atoms with Crippen molar-refractivity contribution in [3.05, 3.63) is 51.9 Å². The summed E-state index contributed by atoms with van der Waals surface area (Å²) < 4.78 is 0.989. The third kappa shape index (κ3) is 4.47. The topological polar surface area (TPSA) is 105 Å². The first-order chi connectivity index (χ1) is 11.7. The summed E-state index contributed by atoms with van der Waals surface area (Å²) in [6.07, 6.45) is 8.73. The van der Waals surface area contributed by atoms with E-state index in [1.165, 1.54) is 16.9 Å². The molecule has 1 atom stereocenters. The van der Waals surface area contributed by atoms with Crippen LogP contribution in [0, 0.1) is 20.8 Å². The Balaban J connectivity index is 0.000000186. The summed E-state index contributed by atoms with van der Waals surface area (Å²) in [5, 5.41) is 11.2. The van der Waals surface area contributed by atoms with Crippen molar-refractivity contribution in [2.24, 2.45) is 5.50 Å². The van der Waals surface area contributed by atoms with Crippen LogP contribution in [-0.4, -0.2) is 15.0 Å². The summed E-state index contributed by atoms with van der Waals surface area (Å²) in [5.41, 5.74) is 16.0. The minimum absolute atomic E-state index is 0.360. The number of aromatic nitrogens is 1. The summed E-state index contributed by atoms with van der Waals surface area (Å²) in [5.74, 6) is 0.360. The van der Waals surface area contributed by atoms with E-state index in [4.69, 9.17) is 16.1 Å². The first-order valence-electron chi connectivity index (χ1n) is 7.84. The number of nitrogens with zero attached hydrogens (tertiary/aromatic N) is 1. The fraction of sp³-hybridized carbons (Fsp3) is 0.278. The molecule has 0 spiro atoms. The van der Waals surface area contributed by atoms with E-state index in [1.807, 2.05) is 45.1 Å². The summed E-state index contributed by atoms with van der Waals surface area (Å²) in [4.78, 5) is 13.3. The molecule has 0 bridgehead atoms. The van der Waals surface area contributed by atoms with Gasteiger partial charge in [-0.1, -0.05) is 41.2 Å². The fourth-order valence-electron chi connectivity index (χ4n) is 2.46. The Bertz CT molecular complexity index is 837. The zero-order chi connectivity index (χ0) is 18.7. The van der Waals surface area contributed by atoms with Gasteiger partial charge in [0.15, 0.2) is 5.13 Å². The lowest BCUT2D eigenvalue weighted by molar-refractivity contribution is 0.467. The minimum Gasteiger partial charge on any atom is -0.507 e. The fourth-order valence-corrected chi connectivity index (χ4v) is 3.84. The molecule has 0 saturated carbocycles. The predicted molar refractivity (Wildman–Crippen MR) is 109 cm³/mol. The molecule has 3 rings (SSSR count). The van der Waals surface area contributed by atoms with Crippen molar-refractivity contribution in [1.82, 2.24) is 4.98 Å². The van der Waals surface area contributed by atoms with Crippen LogP contribution in [0.2, 0.25) is 0 Å². The van der Waals surface area contributed by atoms with Gasteiger partial charge in [-0.15, -0.1) is 0 Å². The maximum absolute atomic E-state index is 9.83. The molecule has 0 amide bonds. The summed E-state index contributed by atoms with van der Waals surface area (Å²) in [6, 6.07) is 0. The van der Waals surface area contributed by atoms with Gasteiger partial charge in [0.2, 0.25) is 0 Å². The Hall–Kier alpha value is -1.72. The highest BCUT2D eigenvalue weighted by molar-refractivity contribution is 7.53. The molecule has 1 aromatic heterocycles. The number of nitrogens with two attached hydrogens (primary N) is 2. The average Bonchev–Trinajstić information content (AvgIpc) is 2.82. The first kappa shape index (κ1) is 19.6. The van der Waals surface area contributed by atoms with Crippen molar-refractivity contribution in [1.29, 1.82) is 0 Å². The van der Waals surface area contributed by atoms with Gasteiger partial charge in [0, 0.05) is 10.9 Å². The number of phenols is 1. The molecule has 0 aliphatic heterocycles. The quantitative estimate of drug-likeness (QED) is 0.546. The molecule has 1 aromatic carbocycles. The Labute approximate surface area is 153 Å². The van der Waals surface area contributed by atoms with E-state index in [9.17, 15) is 5.11 Å². The second kappa shape index (κ2) is 8.11. The third-order valence-electron chi connectivity index (χ3n) is 4.14. The van der Waals surface area contributed by atoms with Crippen molar-refractivity contribution >= 4 is 35.0 Å². The number of nitrogen functional groups attached to an aromatic ring is 1. The number of phenolic OH excluding ortho intramolecular Hbond substituents is 1. The van der Waals surface area contributed by atoms with E-state index >= 15 is 0 Å². The highest BCUT2D eigenvalue weighted by atomic mass is 32.1. The van der Waals surface area contributed by atoms with E-state index in [1.54, 1.807) is 0 Å². The number of hydrogen-bond acceptors (Lipinski definition) is 6. The highest BCUT2D eigenvalue weighted by Gasteiger charge is 2.14. The smallest absolute Gasteiger partial charge is 0.181 e. The number of anilines is 1. The first-order valence-corrected chi connectivity index (χ1v) is 10.0. The van der Waals surface area contributed by atoms with Crippen LogP contribution in [0.4, 0.5) is 5.13 Å². The van der Waals surface area contributed by atoms with Crippen molar-refractivity contribution in [3.8, 4) is 5.75 Å². The molecule has 2 aromatic rings. The van der Waals surface area contributed by atoms with E-state index in [2.05, 4.69) is 11.9 Å². The molecule has 0 radical (unpaired) electrons. The van der Waals surface area contributed by atoms with Gasteiger partial charge in [0.05, 0.1) is 10.2 Å². The van der Waals surface area contributed by atoms with Crippen molar-refractivity contribution in [2.75, 3.05) is 5.73 Å². The molecule has 1 unspecified atom stereocenters. The monoisotopic (exact) mass is 377 g/mol. The molecular weight excluding hydrogens is 353 g/mol. The molecule has 1 aliphatic rings. The second-order valence-electron chi connectivity index (χ2n) is 6.01. The van der Waals surface area contributed by atoms with Gasteiger partial charge in [0.1, 0.15) is 14.0 Å². The maximum atomic E-state index is 9.83. The molecule has 7 heteroatoms. The van der Waals surface area contributed by atoms with Crippen LogP contribution in [0.3, 0.4) is 0 Å². The van der Waals surface area contributed by atoms with E-state index in [0.29, 0.717) is 10.9 Å². The van der Waals surface area contributed by atoms with Gasteiger partial charge >= 0.3 is 0 Å². The zero-order valence-corrected chi connectivity index (χ0v) is 16.6. The average molecular weight is 377 g/mol.